The Balaban J connectivity index is 0.000000281. The molecule has 1 aromatic heterocycles. The van der Waals surface area contributed by atoms with Crippen molar-refractivity contribution in [2.75, 3.05) is 0 Å². The molecular formula is C8H15N3. The van der Waals surface area contributed by atoms with E-state index in [2.05, 4.69) is 14.8 Å². The highest BCUT2D eigenvalue weighted by Crippen LogP contribution is 2.09. The summed E-state index contributed by atoms with van der Waals surface area (Å²) in [6.45, 7) is 5.11. The molecule has 1 aliphatic heterocycles. The van der Waals surface area contributed by atoms with Gasteiger partial charge in [-0.1, -0.05) is 13.8 Å². The first-order chi connectivity index (χ1) is 5.47. The van der Waals surface area contributed by atoms with Crippen molar-refractivity contribution in [3.63, 3.8) is 0 Å². The van der Waals surface area contributed by atoms with Crippen LogP contribution in [-0.2, 0) is 13.0 Å². The van der Waals surface area contributed by atoms with Crippen molar-refractivity contribution in [2.45, 2.75) is 39.7 Å². The Morgan fingerprint density at radius 2 is 2.18 bits per heavy atom. The van der Waals surface area contributed by atoms with Gasteiger partial charge >= 0.3 is 0 Å². The summed E-state index contributed by atoms with van der Waals surface area (Å²) in [6.07, 6.45) is 5.48. The first-order valence-corrected chi connectivity index (χ1v) is 4.33. The summed E-state index contributed by atoms with van der Waals surface area (Å²) in [5.41, 5.74) is 0. The van der Waals surface area contributed by atoms with Gasteiger partial charge in [0.05, 0.1) is 0 Å². The average Bonchev–Trinajstić information content (AvgIpc) is 2.55. The lowest BCUT2D eigenvalue weighted by Crippen LogP contribution is -2.08. The van der Waals surface area contributed by atoms with Crippen molar-refractivity contribution >= 4 is 0 Å². The monoisotopic (exact) mass is 153 g/mol. The molecule has 62 valence electrons. The fourth-order valence-corrected chi connectivity index (χ4v) is 1.22. The molecule has 0 fully saturated rings. The summed E-state index contributed by atoms with van der Waals surface area (Å²) in [5.74, 6) is 1.15. The molecule has 0 atom stereocenters. The molecule has 0 radical (unpaired) electrons. The fraction of sp³-hybridized carbons (Fsp3) is 0.750. The van der Waals surface area contributed by atoms with Crippen LogP contribution in [0.3, 0.4) is 0 Å². The molecule has 2 rings (SSSR count). The lowest BCUT2D eigenvalue weighted by Gasteiger charge is -2.10. The van der Waals surface area contributed by atoms with Crippen LogP contribution in [0, 0.1) is 0 Å². The molecular weight excluding hydrogens is 138 g/mol. The van der Waals surface area contributed by atoms with E-state index in [0.717, 1.165) is 18.8 Å². The molecule has 0 bridgehead atoms. The number of fused-ring (bicyclic) bond motifs is 1. The summed E-state index contributed by atoms with van der Waals surface area (Å²) in [4.78, 5) is 0. The van der Waals surface area contributed by atoms with Gasteiger partial charge in [0.2, 0.25) is 0 Å². The molecule has 3 heteroatoms. The van der Waals surface area contributed by atoms with Crippen LogP contribution in [0.5, 0.6) is 0 Å². The van der Waals surface area contributed by atoms with Crippen LogP contribution >= 0.6 is 0 Å². The second kappa shape index (κ2) is 4.11. The quantitative estimate of drug-likeness (QED) is 0.567. The average molecular weight is 153 g/mol. The SMILES string of the molecule is CC.c1nnc2n1CCCC2. The second-order valence-corrected chi connectivity index (χ2v) is 2.40. The van der Waals surface area contributed by atoms with E-state index in [-0.39, 0.29) is 0 Å². The zero-order valence-corrected chi connectivity index (χ0v) is 7.25. The van der Waals surface area contributed by atoms with E-state index >= 15 is 0 Å². The zero-order chi connectivity index (χ0) is 8.10. The van der Waals surface area contributed by atoms with Crippen molar-refractivity contribution < 1.29 is 0 Å². The number of rotatable bonds is 0. The summed E-state index contributed by atoms with van der Waals surface area (Å²) in [6, 6.07) is 0. The maximum Gasteiger partial charge on any atom is 0.132 e. The van der Waals surface area contributed by atoms with E-state index in [1.54, 1.807) is 0 Å². The van der Waals surface area contributed by atoms with Gasteiger partial charge in [-0.2, -0.15) is 0 Å². The molecule has 0 amide bonds. The molecule has 3 nitrogen and oxygen atoms in total. The predicted molar refractivity (Wildman–Crippen MR) is 44.3 cm³/mol. The van der Waals surface area contributed by atoms with Crippen LogP contribution in [0.15, 0.2) is 6.33 Å². The Labute approximate surface area is 67.4 Å². The topological polar surface area (TPSA) is 30.7 Å². The Morgan fingerprint density at radius 1 is 1.36 bits per heavy atom. The van der Waals surface area contributed by atoms with E-state index in [1.807, 2.05) is 20.2 Å². The van der Waals surface area contributed by atoms with Gasteiger partial charge in [0.15, 0.2) is 0 Å². The number of aryl methyl sites for hydroxylation is 2. The Kier molecular flexibility index (Phi) is 3.08. The van der Waals surface area contributed by atoms with Gasteiger partial charge in [0.25, 0.3) is 0 Å². The maximum absolute atomic E-state index is 3.97. The first kappa shape index (κ1) is 8.24. The third-order valence-electron chi connectivity index (χ3n) is 1.75. The Morgan fingerprint density at radius 3 is 2.91 bits per heavy atom. The highest BCUT2D eigenvalue weighted by atomic mass is 15.3. The first-order valence-electron chi connectivity index (χ1n) is 4.33. The summed E-state index contributed by atoms with van der Waals surface area (Å²) >= 11 is 0. The van der Waals surface area contributed by atoms with Crippen LogP contribution in [0.1, 0.15) is 32.5 Å². The molecule has 0 saturated heterocycles. The van der Waals surface area contributed by atoms with Gasteiger partial charge in [0.1, 0.15) is 12.2 Å². The third-order valence-corrected chi connectivity index (χ3v) is 1.75. The van der Waals surface area contributed by atoms with Crippen LogP contribution < -0.4 is 0 Å². The molecule has 0 spiro atoms. The molecule has 1 aromatic rings. The molecule has 2 heterocycles. The fourth-order valence-electron chi connectivity index (χ4n) is 1.22. The molecule has 0 unspecified atom stereocenters. The summed E-state index contributed by atoms with van der Waals surface area (Å²) in [5, 5.41) is 7.79. The third kappa shape index (κ3) is 1.79. The minimum absolute atomic E-state index is 1.11. The summed E-state index contributed by atoms with van der Waals surface area (Å²) in [7, 11) is 0. The highest BCUT2D eigenvalue weighted by molar-refractivity contribution is 4.88. The van der Waals surface area contributed by atoms with Crippen LogP contribution in [0.2, 0.25) is 0 Å². The van der Waals surface area contributed by atoms with Gasteiger partial charge < -0.3 is 4.57 Å². The van der Waals surface area contributed by atoms with Gasteiger partial charge in [-0.05, 0) is 12.8 Å². The molecule has 0 saturated carbocycles. The Bertz CT molecular complexity index is 184. The van der Waals surface area contributed by atoms with Crippen LogP contribution in [-0.4, -0.2) is 14.8 Å². The van der Waals surface area contributed by atoms with E-state index in [9.17, 15) is 0 Å². The van der Waals surface area contributed by atoms with Crippen molar-refractivity contribution in [2.24, 2.45) is 0 Å². The Hall–Kier alpha value is -0.860. The largest absolute Gasteiger partial charge is 0.318 e. The van der Waals surface area contributed by atoms with E-state index < -0.39 is 0 Å². The summed E-state index contributed by atoms with van der Waals surface area (Å²) < 4.78 is 2.13. The van der Waals surface area contributed by atoms with Gasteiger partial charge in [-0.3, -0.25) is 0 Å². The smallest absolute Gasteiger partial charge is 0.132 e. The van der Waals surface area contributed by atoms with Gasteiger partial charge in [0, 0.05) is 13.0 Å². The molecule has 1 aliphatic rings. The lowest BCUT2D eigenvalue weighted by atomic mass is 10.2. The second-order valence-electron chi connectivity index (χ2n) is 2.40. The molecule has 0 aromatic carbocycles. The minimum Gasteiger partial charge on any atom is -0.318 e. The molecule has 0 N–H and O–H groups in total. The predicted octanol–water partition coefficient (Wildman–Crippen LogP) is 1.64. The van der Waals surface area contributed by atoms with E-state index in [0.29, 0.717) is 0 Å². The lowest BCUT2D eigenvalue weighted by molar-refractivity contribution is 0.522. The number of aromatic nitrogens is 3. The number of nitrogens with zero attached hydrogens (tertiary/aromatic N) is 3. The standard InChI is InChI=1S/C6H9N3.C2H6/c1-2-4-9-5-7-8-6(9)3-1;1-2/h5H,1-4H2;1-2H3. The minimum atomic E-state index is 1.11. The van der Waals surface area contributed by atoms with Crippen LogP contribution in [0.4, 0.5) is 0 Å². The van der Waals surface area contributed by atoms with Crippen LogP contribution in [0.25, 0.3) is 0 Å². The van der Waals surface area contributed by atoms with Crippen molar-refractivity contribution in [3.05, 3.63) is 12.2 Å². The number of hydrogen-bond donors (Lipinski definition) is 0. The van der Waals surface area contributed by atoms with Crippen molar-refractivity contribution in [3.8, 4) is 0 Å². The molecule has 11 heavy (non-hydrogen) atoms. The zero-order valence-electron chi connectivity index (χ0n) is 7.25. The van der Waals surface area contributed by atoms with Gasteiger partial charge in [-0.25, -0.2) is 0 Å². The number of hydrogen-bond acceptors (Lipinski definition) is 2. The van der Waals surface area contributed by atoms with Gasteiger partial charge in [-0.15, -0.1) is 10.2 Å². The normalized spacial score (nSPS) is 14.7. The van der Waals surface area contributed by atoms with E-state index in [1.165, 1.54) is 12.8 Å². The van der Waals surface area contributed by atoms with Crippen molar-refractivity contribution in [1.29, 1.82) is 0 Å². The van der Waals surface area contributed by atoms with E-state index in [4.69, 9.17) is 0 Å². The van der Waals surface area contributed by atoms with Crippen molar-refractivity contribution in [1.82, 2.24) is 14.8 Å². The maximum atomic E-state index is 3.97. The highest BCUT2D eigenvalue weighted by Gasteiger charge is 2.07. The molecule has 0 aliphatic carbocycles.